The summed E-state index contributed by atoms with van der Waals surface area (Å²) in [4.78, 5) is 27.2. The van der Waals surface area contributed by atoms with E-state index in [0.29, 0.717) is 13.0 Å². The summed E-state index contributed by atoms with van der Waals surface area (Å²) >= 11 is 0. The highest BCUT2D eigenvalue weighted by atomic mass is 16.2. The molecule has 1 N–H and O–H groups in total. The first kappa shape index (κ1) is 16.3. The molecule has 1 fully saturated rings. The number of carbonyl (C=O) groups excluding carboxylic acids is 2. The Morgan fingerprint density at radius 2 is 1.82 bits per heavy atom. The molecule has 0 bridgehead atoms. The van der Waals surface area contributed by atoms with Crippen molar-refractivity contribution in [2.75, 3.05) is 37.6 Å². The van der Waals surface area contributed by atoms with Gasteiger partial charge in [0.05, 0.1) is 0 Å². The van der Waals surface area contributed by atoms with Gasteiger partial charge in [-0.2, -0.15) is 0 Å². The number of hydrogen-bond donors (Lipinski definition) is 1. The van der Waals surface area contributed by atoms with Gasteiger partial charge in [0, 0.05) is 51.8 Å². The molecule has 2 amide bonds. The summed E-state index contributed by atoms with van der Waals surface area (Å²) in [7, 11) is 0. The van der Waals surface area contributed by atoms with Crippen LogP contribution >= 0.6 is 0 Å². The van der Waals surface area contributed by atoms with Crippen LogP contribution in [-0.4, -0.2) is 49.4 Å². The Kier molecular flexibility index (Phi) is 5.41. The Balaban J connectivity index is 1.86. The van der Waals surface area contributed by atoms with Crippen LogP contribution in [-0.2, 0) is 9.59 Å². The summed E-state index contributed by atoms with van der Waals surface area (Å²) in [5.41, 5.74) is 3.88. The molecular weight excluding hydrogens is 278 g/mol. The molecule has 5 nitrogen and oxygen atoms in total. The molecule has 0 atom stereocenters. The van der Waals surface area contributed by atoms with Crippen LogP contribution in [0.2, 0.25) is 0 Å². The van der Waals surface area contributed by atoms with Crippen molar-refractivity contribution in [3.63, 3.8) is 0 Å². The lowest BCUT2D eigenvalue weighted by Crippen LogP contribution is -2.49. The standard InChI is InChI=1S/C17H25N3O2/c1-13-5-4-6-16(14(13)2)19-9-11-20(12-10-19)17(22)7-8-18-15(3)21/h4-6H,7-12H2,1-3H3,(H,18,21). The highest BCUT2D eigenvalue weighted by Gasteiger charge is 2.21. The van der Waals surface area contributed by atoms with Gasteiger partial charge >= 0.3 is 0 Å². The molecule has 0 aromatic heterocycles. The van der Waals surface area contributed by atoms with Gasteiger partial charge in [-0.3, -0.25) is 9.59 Å². The number of nitrogens with zero attached hydrogens (tertiary/aromatic N) is 2. The van der Waals surface area contributed by atoms with E-state index in [9.17, 15) is 9.59 Å². The third-order valence-corrected chi connectivity index (χ3v) is 4.26. The zero-order valence-corrected chi connectivity index (χ0v) is 13.7. The molecule has 1 heterocycles. The van der Waals surface area contributed by atoms with E-state index in [0.717, 1.165) is 26.2 Å². The molecule has 0 saturated carbocycles. The minimum absolute atomic E-state index is 0.0902. The van der Waals surface area contributed by atoms with Crippen LogP contribution in [0.5, 0.6) is 0 Å². The van der Waals surface area contributed by atoms with Crippen LogP contribution in [0.4, 0.5) is 5.69 Å². The van der Waals surface area contributed by atoms with Gasteiger partial charge in [0.25, 0.3) is 0 Å². The van der Waals surface area contributed by atoms with E-state index in [2.05, 4.69) is 42.3 Å². The first-order valence-corrected chi connectivity index (χ1v) is 7.82. The normalized spacial score (nSPS) is 14.9. The molecule has 0 aliphatic carbocycles. The van der Waals surface area contributed by atoms with Crippen LogP contribution in [0.3, 0.4) is 0 Å². The minimum atomic E-state index is -0.0902. The maximum absolute atomic E-state index is 12.1. The maximum Gasteiger partial charge on any atom is 0.224 e. The Morgan fingerprint density at radius 3 is 2.45 bits per heavy atom. The Hall–Kier alpha value is -2.04. The van der Waals surface area contributed by atoms with E-state index in [1.165, 1.54) is 23.7 Å². The molecule has 0 radical (unpaired) electrons. The average Bonchev–Trinajstić information content (AvgIpc) is 2.50. The number of carbonyl (C=O) groups is 2. The summed E-state index contributed by atoms with van der Waals surface area (Å²) in [5.74, 6) is 0.0295. The SMILES string of the molecule is CC(=O)NCCC(=O)N1CCN(c2cccc(C)c2C)CC1. The fourth-order valence-electron chi connectivity index (χ4n) is 2.78. The molecule has 120 valence electrons. The zero-order chi connectivity index (χ0) is 16.1. The summed E-state index contributed by atoms with van der Waals surface area (Å²) in [5, 5.41) is 2.67. The van der Waals surface area contributed by atoms with Gasteiger partial charge in [-0.15, -0.1) is 0 Å². The first-order chi connectivity index (χ1) is 10.5. The Labute approximate surface area is 132 Å². The largest absolute Gasteiger partial charge is 0.368 e. The van der Waals surface area contributed by atoms with E-state index >= 15 is 0 Å². The number of nitrogens with one attached hydrogen (secondary N) is 1. The number of aryl methyl sites for hydroxylation is 1. The van der Waals surface area contributed by atoms with Crippen molar-refractivity contribution in [1.29, 1.82) is 0 Å². The van der Waals surface area contributed by atoms with Crippen LogP contribution in [0.25, 0.3) is 0 Å². The van der Waals surface area contributed by atoms with Crippen molar-refractivity contribution in [1.82, 2.24) is 10.2 Å². The monoisotopic (exact) mass is 303 g/mol. The number of amides is 2. The van der Waals surface area contributed by atoms with Crippen LogP contribution in [0.15, 0.2) is 18.2 Å². The lowest BCUT2D eigenvalue weighted by molar-refractivity contribution is -0.131. The summed E-state index contributed by atoms with van der Waals surface area (Å²) in [6, 6.07) is 6.36. The number of piperazine rings is 1. The topological polar surface area (TPSA) is 52.7 Å². The lowest BCUT2D eigenvalue weighted by Gasteiger charge is -2.37. The van der Waals surface area contributed by atoms with Gasteiger partial charge in [-0.25, -0.2) is 0 Å². The number of benzene rings is 1. The van der Waals surface area contributed by atoms with Crippen LogP contribution in [0, 0.1) is 13.8 Å². The third-order valence-electron chi connectivity index (χ3n) is 4.26. The molecule has 22 heavy (non-hydrogen) atoms. The zero-order valence-electron chi connectivity index (χ0n) is 13.7. The quantitative estimate of drug-likeness (QED) is 0.916. The highest BCUT2D eigenvalue weighted by Crippen LogP contribution is 2.23. The maximum atomic E-state index is 12.1. The first-order valence-electron chi connectivity index (χ1n) is 7.82. The molecule has 0 unspecified atom stereocenters. The second-order valence-electron chi connectivity index (χ2n) is 5.82. The van der Waals surface area contributed by atoms with Crippen LogP contribution in [0.1, 0.15) is 24.5 Å². The number of hydrogen-bond acceptors (Lipinski definition) is 3. The van der Waals surface area contributed by atoms with Crippen molar-refractivity contribution in [2.45, 2.75) is 27.2 Å². The molecular formula is C17H25N3O2. The molecule has 2 rings (SSSR count). The van der Waals surface area contributed by atoms with E-state index in [1.807, 2.05) is 4.90 Å². The molecule has 1 aromatic carbocycles. The molecule has 1 saturated heterocycles. The molecule has 1 aliphatic rings. The minimum Gasteiger partial charge on any atom is -0.368 e. The van der Waals surface area contributed by atoms with Gasteiger partial charge in [0.2, 0.25) is 11.8 Å². The summed E-state index contributed by atoms with van der Waals surface area (Å²) in [6.07, 6.45) is 0.378. The predicted octanol–water partition coefficient (Wildman–Crippen LogP) is 1.48. The van der Waals surface area contributed by atoms with Crippen LogP contribution < -0.4 is 10.2 Å². The average molecular weight is 303 g/mol. The van der Waals surface area contributed by atoms with Gasteiger partial charge < -0.3 is 15.1 Å². The van der Waals surface area contributed by atoms with Crippen molar-refractivity contribution in [3.8, 4) is 0 Å². The van der Waals surface area contributed by atoms with Gasteiger partial charge in [0.15, 0.2) is 0 Å². The van der Waals surface area contributed by atoms with E-state index in [4.69, 9.17) is 0 Å². The highest BCUT2D eigenvalue weighted by molar-refractivity contribution is 5.78. The second-order valence-corrected chi connectivity index (χ2v) is 5.82. The van der Waals surface area contributed by atoms with E-state index in [1.54, 1.807) is 0 Å². The third kappa shape index (κ3) is 4.00. The lowest BCUT2D eigenvalue weighted by atomic mass is 10.1. The summed E-state index contributed by atoms with van der Waals surface area (Å²) in [6.45, 7) is 9.36. The number of rotatable bonds is 4. The van der Waals surface area contributed by atoms with Crippen molar-refractivity contribution < 1.29 is 9.59 Å². The number of anilines is 1. The molecule has 0 spiro atoms. The second kappa shape index (κ2) is 7.29. The molecule has 1 aliphatic heterocycles. The van der Waals surface area contributed by atoms with E-state index < -0.39 is 0 Å². The Bertz CT molecular complexity index is 549. The molecule has 1 aromatic rings. The fourth-order valence-corrected chi connectivity index (χ4v) is 2.78. The van der Waals surface area contributed by atoms with Gasteiger partial charge in [-0.05, 0) is 31.0 Å². The van der Waals surface area contributed by atoms with E-state index in [-0.39, 0.29) is 11.8 Å². The van der Waals surface area contributed by atoms with Gasteiger partial charge in [-0.1, -0.05) is 12.1 Å². The smallest absolute Gasteiger partial charge is 0.224 e. The van der Waals surface area contributed by atoms with Crippen molar-refractivity contribution >= 4 is 17.5 Å². The summed E-state index contributed by atoms with van der Waals surface area (Å²) < 4.78 is 0. The van der Waals surface area contributed by atoms with Gasteiger partial charge in [0.1, 0.15) is 0 Å². The predicted molar refractivity (Wildman–Crippen MR) is 88.0 cm³/mol. The van der Waals surface area contributed by atoms with Crippen molar-refractivity contribution in [2.24, 2.45) is 0 Å². The Morgan fingerprint density at radius 1 is 1.14 bits per heavy atom. The molecule has 5 heteroatoms. The fraction of sp³-hybridized carbons (Fsp3) is 0.529. The van der Waals surface area contributed by atoms with Crippen molar-refractivity contribution in [3.05, 3.63) is 29.3 Å².